The molecule has 2 amide bonds. The summed E-state index contributed by atoms with van der Waals surface area (Å²) in [6.45, 7) is 4.25. The van der Waals surface area contributed by atoms with Crippen LogP contribution < -0.4 is 10.6 Å². The molecule has 2 rings (SSSR count). The number of nitrogens with one attached hydrogen (secondary N) is 2. The van der Waals surface area contributed by atoms with Crippen LogP contribution in [0.1, 0.15) is 46.7 Å². The lowest BCUT2D eigenvalue weighted by Gasteiger charge is -2.25. The van der Waals surface area contributed by atoms with Crippen LogP contribution in [0.25, 0.3) is 0 Å². The fourth-order valence-corrected chi connectivity index (χ4v) is 3.67. The first-order valence-electron chi connectivity index (χ1n) is 10.9. The molecule has 0 saturated heterocycles. The molecule has 0 aliphatic carbocycles. The first-order valence-corrected chi connectivity index (χ1v) is 10.9. The van der Waals surface area contributed by atoms with E-state index in [1.165, 1.54) is 19.2 Å². The molecule has 6 heteroatoms. The number of nitrogens with zero attached hydrogens (tertiary/aromatic N) is 1. The van der Waals surface area contributed by atoms with Gasteiger partial charge < -0.3 is 15.5 Å². The molecule has 2 N–H and O–H groups in total. The van der Waals surface area contributed by atoms with Gasteiger partial charge in [-0.3, -0.25) is 9.59 Å². The van der Waals surface area contributed by atoms with Crippen LogP contribution in [0.2, 0.25) is 0 Å². The monoisotopic (exact) mass is 439 g/mol. The number of amides is 2. The maximum absolute atomic E-state index is 14.3. The highest BCUT2D eigenvalue weighted by Gasteiger charge is 2.19. The Balaban J connectivity index is 1.99. The molecule has 2 aromatic rings. The van der Waals surface area contributed by atoms with Crippen molar-refractivity contribution in [1.82, 2.24) is 15.5 Å². The van der Waals surface area contributed by atoms with E-state index in [2.05, 4.69) is 29.3 Å². The minimum absolute atomic E-state index is 0.00379. The molecular formula is C26H34FN3O2. The number of benzene rings is 2. The average molecular weight is 440 g/mol. The van der Waals surface area contributed by atoms with Crippen molar-refractivity contribution < 1.29 is 14.0 Å². The van der Waals surface area contributed by atoms with Crippen LogP contribution in [-0.2, 0) is 11.2 Å². The molecule has 0 aliphatic heterocycles. The molecule has 5 nitrogen and oxygen atoms in total. The van der Waals surface area contributed by atoms with E-state index in [0.29, 0.717) is 19.4 Å². The summed E-state index contributed by atoms with van der Waals surface area (Å²) in [5.41, 5.74) is 1.95. The molecule has 0 heterocycles. The number of allylic oxidation sites excluding steroid dienone is 1. The number of rotatable bonds is 12. The Morgan fingerprint density at radius 2 is 1.88 bits per heavy atom. The Morgan fingerprint density at radius 3 is 2.47 bits per heavy atom. The highest BCUT2D eigenvalue weighted by Crippen LogP contribution is 2.25. The third kappa shape index (κ3) is 7.61. The van der Waals surface area contributed by atoms with E-state index in [-0.39, 0.29) is 23.4 Å². The van der Waals surface area contributed by atoms with Gasteiger partial charge >= 0.3 is 0 Å². The van der Waals surface area contributed by atoms with E-state index in [9.17, 15) is 14.0 Å². The topological polar surface area (TPSA) is 61.4 Å². The van der Waals surface area contributed by atoms with Gasteiger partial charge in [0.25, 0.3) is 5.91 Å². The molecule has 172 valence electrons. The quantitative estimate of drug-likeness (QED) is 0.493. The van der Waals surface area contributed by atoms with E-state index in [1.807, 2.05) is 43.3 Å². The lowest BCUT2D eigenvalue weighted by molar-refractivity contribution is -0.121. The van der Waals surface area contributed by atoms with Crippen LogP contribution in [-0.4, -0.2) is 50.4 Å². The summed E-state index contributed by atoms with van der Waals surface area (Å²) in [6, 6.07) is 14.7. The zero-order valence-corrected chi connectivity index (χ0v) is 19.2. The van der Waals surface area contributed by atoms with E-state index < -0.39 is 11.7 Å². The van der Waals surface area contributed by atoms with Crippen LogP contribution in [0, 0.1) is 5.82 Å². The summed E-state index contributed by atoms with van der Waals surface area (Å²) in [5, 5.41) is 5.48. The van der Waals surface area contributed by atoms with Crippen LogP contribution in [0.5, 0.6) is 0 Å². The van der Waals surface area contributed by atoms with E-state index in [4.69, 9.17) is 0 Å². The minimum atomic E-state index is -0.545. The molecule has 0 spiro atoms. The molecule has 2 aromatic carbocycles. The van der Waals surface area contributed by atoms with Crippen LogP contribution in [0.15, 0.2) is 61.2 Å². The lowest BCUT2D eigenvalue weighted by atomic mass is 9.91. The van der Waals surface area contributed by atoms with Crippen molar-refractivity contribution in [3.63, 3.8) is 0 Å². The lowest BCUT2D eigenvalue weighted by Crippen LogP contribution is -2.42. The van der Waals surface area contributed by atoms with Crippen molar-refractivity contribution in [2.45, 2.75) is 37.6 Å². The summed E-state index contributed by atoms with van der Waals surface area (Å²) >= 11 is 0. The Labute approximate surface area is 190 Å². The maximum Gasteiger partial charge on any atom is 0.253 e. The second-order valence-electron chi connectivity index (χ2n) is 8.20. The van der Waals surface area contributed by atoms with Gasteiger partial charge in [0, 0.05) is 26.1 Å². The van der Waals surface area contributed by atoms with Crippen LogP contribution in [0.3, 0.4) is 0 Å². The van der Waals surface area contributed by atoms with Gasteiger partial charge in [0.1, 0.15) is 5.82 Å². The second kappa shape index (κ2) is 12.8. The second-order valence-corrected chi connectivity index (χ2v) is 8.20. The molecule has 0 aliphatic rings. The number of hydrogen-bond donors (Lipinski definition) is 2. The predicted molar refractivity (Wildman–Crippen MR) is 127 cm³/mol. The van der Waals surface area contributed by atoms with Crippen molar-refractivity contribution >= 4 is 11.8 Å². The molecule has 0 radical (unpaired) electrons. The molecule has 0 aromatic heterocycles. The van der Waals surface area contributed by atoms with Gasteiger partial charge in [-0.2, -0.15) is 0 Å². The Hall–Kier alpha value is -2.99. The summed E-state index contributed by atoms with van der Waals surface area (Å²) in [4.78, 5) is 26.4. The van der Waals surface area contributed by atoms with E-state index in [0.717, 1.165) is 24.0 Å². The first kappa shape index (κ1) is 25.3. The third-order valence-electron chi connectivity index (χ3n) is 5.66. The van der Waals surface area contributed by atoms with Gasteiger partial charge in [0.05, 0.1) is 5.56 Å². The third-order valence-corrected chi connectivity index (χ3v) is 5.66. The summed E-state index contributed by atoms with van der Waals surface area (Å²) in [6.07, 6.45) is 4.56. The first-order chi connectivity index (χ1) is 15.3. The normalized spacial score (nSPS) is 12.8. The summed E-state index contributed by atoms with van der Waals surface area (Å²) < 4.78 is 14.3. The largest absolute Gasteiger partial charge is 0.355 e. The summed E-state index contributed by atoms with van der Waals surface area (Å²) in [5.74, 6) is -0.861. The van der Waals surface area contributed by atoms with Gasteiger partial charge in [-0.15, -0.1) is 6.58 Å². The molecule has 0 bridgehead atoms. The molecule has 0 fully saturated rings. The number of carbonyl (C=O) groups is 2. The fourth-order valence-electron chi connectivity index (χ4n) is 3.67. The number of halogens is 1. The highest BCUT2D eigenvalue weighted by molar-refractivity contribution is 5.94. The van der Waals surface area contributed by atoms with Crippen molar-refractivity contribution in [3.8, 4) is 0 Å². The van der Waals surface area contributed by atoms with Gasteiger partial charge in [-0.05, 0) is 62.5 Å². The van der Waals surface area contributed by atoms with Crippen molar-refractivity contribution in [2.24, 2.45) is 0 Å². The van der Waals surface area contributed by atoms with Crippen LogP contribution in [0.4, 0.5) is 4.39 Å². The van der Waals surface area contributed by atoms with E-state index in [1.54, 1.807) is 6.07 Å². The van der Waals surface area contributed by atoms with E-state index >= 15 is 0 Å². The van der Waals surface area contributed by atoms with Gasteiger partial charge in [0.15, 0.2) is 0 Å². The molecule has 0 saturated carbocycles. The van der Waals surface area contributed by atoms with Crippen molar-refractivity contribution in [2.75, 3.05) is 27.7 Å². The van der Waals surface area contributed by atoms with Gasteiger partial charge in [-0.25, -0.2) is 4.39 Å². The maximum atomic E-state index is 14.3. The number of hydrogen-bond acceptors (Lipinski definition) is 3. The van der Waals surface area contributed by atoms with Gasteiger partial charge in [0.2, 0.25) is 5.91 Å². The smallest absolute Gasteiger partial charge is 0.253 e. The average Bonchev–Trinajstić information content (AvgIpc) is 2.79. The van der Waals surface area contributed by atoms with Crippen molar-refractivity contribution in [3.05, 3.63) is 83.7 Å². The number of likely N-dealkylation sites (N-methyl/N-ethyl adjacent to an activating group) is 1. The Kier molecular flexibility index (Phi) is 10.1. The predicted octanol–water partition coefficient (Wildman–Crippen LogP) is 3.91. The Bertz CT molecular complexity index is 899. The highest BCUT2D eigenvalue weighted by atomic mass is 19.1. The molecular weight excluding hydrogens is 405 g/mol. The Morgan fingerprint density at radius 1 is 1.16 bits per heavy atom. The number of carbonyl (C=O) groups excluding carboxylic acids is 2. The molecule has 0 unspecified atom stereocenters. The summed E-state index contributed by atoms with van der Waals surface area (Å²) in [7, 11) is 5.34. The zero-order chi connectivity index (χ0) is 23.5. The van der Waals surface area contributed by atoms with Crippen molar-refractivity contribution in [1.29, 1.82) is 0 Å². The standard InChI is InChI=1S/C26H34FN3O2/c1-5-6-10-21(20-11-8-7-9-12-20)17-25(31)29-18-22(30(3)4)15-19-13-14-23(24(27)16-19)26(32)28-2/h5,7-9,11-14,16,21-22H,1,6,10,15,17-18H2,2-4H3,(H,28,32)(H,29,31)/t21-,22+/m1/s1. The van der Waals surface area contributed by atoms with Crippen LogP contribution >= 0.6 is 0 Å². The minimum Gasteiger partial charge on any atom is -0.355 e. The zero-order valence-electron chi connectivity index (χ0n) is 19.2. The molecule has 32 heavy (non-hydrogen) atoms. The molecule has 2 atom stereocenters. The fraction of sp³-hybridized carbons (Fsp3) is 0.385. The van der Waals surface area contributed by atoms with Gasteiger partial charge in [-0.1, -0.05) is 42.5 Å². The SMILES string of the molecule is C=CCC[C@H](CC(=O)NC[C@H](Cc1ccc(C(=O)NC)c(F)c1)N(C)C)c1ccccc1.